The average molecular weight is 240 g/mol. The topological polar surface area (TPSA) is 38.5 Å². The molecular formula is C14H28N2O. The Hall–Kier alpha value is -0.120. The van der Waals surface area contributed by atoms with Gasteiger partial charge < -0.3 is 10.5 Å². The van der Waals surface area contributed by atoms with E-state index in [1.807, 2.05) is 0 Å². The highest BCUT2D eigenvalue weighted by Gasteiger charge is 2.33. The zero-order valence-electron chi connectivity index (χ0n) is 11.2. The highest BCUT2D eigenvalue weighted by atomic mass is 16.5. The standard InChI is InChI=1S/C14H28N2O/c1-2-12-4-5-13(11-15)14(10-12)16-6-3-8-17-9-7-16/h12-14H,2-11,15H2,1H3. The predicted molar refractivity (Wildman–Crippen MR) is 71.0 cm³/mol. The molecule has 0 aromatic carbocycles. The molecule has 17 heavy (non-hydrogen) atoms. The van der Waals surface area contributed by atoms with Gasteiger partial charge in [-0.25, -0.2) is 0 Å². The first kappa shape index (κ1) is 13.3. The quantitative estimate of drug-likeness (QED) is 0.818. The maximum atomic E-state index is 5.97. The minimum atomic E-state index is 0.718. The molecule has 0 aromatic heterocycles. The first-order chi connectivity index (χ1) is 8.35. The zero-order valence-corrected chi connectivity index (χ0v) is 11.2. The van der Waals surface area contributed by atoms with Gasteiger partial charge in [0.1, 0.15) is 0 Å². The van der Waals surface area contributed by atoms with Crippen molar-refractivity contribution >= 4 is 0 Å². The summed E-state index contributed by atoms with van der Waals surface area (Å²) in [5, 5.41) is 0. The van der Waals surface area contributed by atoms with E-state index in [1.165, 1.54) is 38.6 Å². The smallest absolute Gasteiger partial charge is 0.0593 e. The summed E-state index contributed by atoms with van der Waals surface area (Å²) in [4.78, 5) is 2.66. The van der Waals surface area contributed by atoms with Crippen molar-refractivity contribution in [3.8, 4) is 0 Å². The van der Waals surface area contributed by atoms with Gasteiger partial charge in [0, 0.05) is 25.7 Å². The zero-order chi connectivity index (χ0) is 12.1. The number of nitrogens with zero attached hydrogens (tertiary/aromatic N) is 1. The summed E-state index contributed by atoms with van der Waals surface area (Å²) < 4.78 is 5.56. The molecule has 1 heterocycles. The lowest BCUT2D eigenvalue weighted by atomic mass is 9.76. The van der Waals surface area contributed by atoms with Crippen molar-refractivity contribution in [1.29, 1.82) is 0 Å². The summed E-state index contributed by atoms with van der Waals surface area (Å²) in [5.74, 6) is 1.64. The Kier molecular flexibility index (Phi) is 5.26. The molecule has 3 unspecified atom stereocenters. The van der Waals surface area contributed by atoms with Crippen LogP contribution in [0.25, 0.3) is 0 Å². The second kappa shape index (κ2) is 6.72. The van der Waals surface area contributed by atoms with Crippen LogP contribution in [0.4, 0.5) is 0 Å². The van der Waals surface area contributed by atoms with Gasteiger partial charge in [-0.05, 0) is 37.6 Å². The molecule has 1 aliphatic carbocycles. The highest BCUT2D eigenvalue weighted by molar-refractivity contribution is 4.87. The molecule has 3 atom stereocenters. The second-order valence-corrected chi connectivity index (χ2v) is 5.65. The van der Waals surface area contributed by atoms with E-state index in [0.717, 1.165) is 44.2 Å². The average Bonchev–Trinajstić information content (AvgIpc) is 2.66. The molecule has 3 nitrogen and oxygen atoms in total. The molecule has 3 heteroatoms. The number of hydrogen-bond acceptors (Lipinski definition) is 3. The van der Waals surface area contributed by atoms with Gasteiger partial charge in [0.15, 0.2) is 0 Å². The van der Waals surface area contributed by atoms with Crippen molar-refractivity contribution in [3.63, 3.8) is 0 Å². The number of hydrogen-bond donors (Lipinski definition) is 1. The van der Waals surface area contributed by atoms with E-state index in [0.29, 0.717) is 0 Å². The molecule has 2 aliphatic rings. The fourth-order valence-electron chi connectivity index (χ4n) is 3.48. The summed E-state index contributed by atoms with van der Waals surface area (Å²) in [5.41, 5.74) is 5.97. The largest absolute Gasteiger partial charge is 0.380 e. The first-order valence-electron chi connectivity index (χ1n) is 7.37. The van der Waals surface area contributed by atoms with Crippen molar-refractivity contribution < 1.29 is 4.74 Å². The van der Waals surface area contributed by atoms with Gasteiger partial charge in [-0.3, -0.25) is 4.90 Å². The van der Waals surface area contributed by atoms with Crippen LogP contribution >= 0.6 is 0 Å². The summed E-state index contributed by atoms with van der Waals surface area (Å²) in [6.07, 6.45) is 6.59. The van der Waals surface area contributed by atoms with E-state index in [-0.39, 0.29) is 0 Å². The Morgan fingerprint density at radius 1 is 1.24 bits per heavy atom. The Morgan fingerprint density at radius 3 is 2.88 bits per heavy atom. The normalized spacial score (nSPS) is 36.7. The minimum Gasteiger partial charge on any atom is -0.380 e. The second-order valence-electron chi connectivity index (χ2n) is 5.65. The van der Waals surface area contributed by atoms with Crippen molar-refractivity contribution in [1.82, 2.24) is 4.90 Å². The third-order valence-electron chi connectivity index (χ3n) is 4.67. The van der Waals surface area contributed by atoms with E-state index >= 15 is 0 Å². The van der Waals surface area contributed by atoms with Gasteiger partial charge in [0.2, 0.25) is 0 Å². The molecule has 2 N–H and O–H groups in total. The maximum Gasteiger partial charge on any atom is 0.0593 e. The number of ether oxygens (including phenoxy) is 1. The van der Waals surface area contributed by atoms with Crippen molar-refractivity contribution in [2.24, 2.45) is 17.6 Å². The van der Waals surface area contributed by atoms with Crippen LogP contribution in [0.3, 0.4) is 0 Å². The third-order valence-corrected chi connectivity index (χ3v) is 4.67. The summed E-state index contributed by atoms with van der Waals surface area (Å²) in [7, 11) is 0. The minimum absolute atomic E-state index is 0.718. The SMILES string of the molecule is CCC1CCC(CN)C(N2CCCOCC2)C1. The van der Waals surface area contributed by atoms with Gasteiger partial charge in [0.05, 0.1) is 6.61 Å². The van der Waals surface area contributed by atoms with Crippen LogP contribution in [-0.2, 0) is 4.74 Å². The van der Waals surface area contributed by atoms with E-state index in [1.54, 1.807) is 0 Å². The molecule has 2 fully saturated rings. The predicted octanol–water partition coefficient (Wildman–Crippen LogP) is 1.86. The Balaban J connectivity index is 1.97. The molecule has 0 amide bonds. The molecule has 1 saturated heterocycles. The third kappa shape index (κ3) is 3.43. The summed E-state index contributed by atoms with van der Waals surface area (Å²) >= 11 is 0. The lowest BCUT2D eigenvalue weighted by Crippen LogP contribution is -2.47. The van der Waals surface area contributed by atoms with E-state index in [2.05, 4.69) is 11.8 Å². The van der Waals surface area contributed by atoms with E-state index < -0.39 is 0 Å². The van der Waals surface area contributed by atoms with Crippen LogP contribution in [0.1, 0.15) is 39.0 Å². The van der Waals surface area contributed by atoms with Crippen LogP contribution in [0.15, 0.2) is 0 Å². The fraction of sp³-hybridized carbons (Fsp3) is 1.00. The molecule has 0 bridgehead atoms. The Morgan fingerprint density at radius 2 is 2.12 bits per heavy atom. The number of rotatable bonds is 3. The maximum absolute atomic E-state index is 5.97. The number of nitrogens with two attached hydrogens (primary N) is 1. The van der Waals surface area contributed by atoms with Crippen molar-refractivity contribution in [2.75, 3.05) is 32.8 Å². The molecular weight excluding hydrogens is 212 g/mol. The Labute approximate surface area is 106 Å². The molecule has 1 aliphatic heterocycles. The van der Waals surface area contributed by atoms with Crippen LogP contribution < -0.4 is 5.73 Å². The monoisotopic (exact) mass is 240 g/mol. The van der Waals surface area contributed by atoms with E-state index in [9.17, 15) is 0 Å². The summed E-state index contributed by atoms with van der Waals surface area (Å²) in [6.45, 7) is 7.35. The Bertz CT molecular complexity index is 214. The van der Waals surface area contributed by atoms with Gasteiger partial charge >= 0.3 is 0 Å². The van der Waals surface area contributed by atoms with Gasteiger partial charge in [0.25, 0.3) is 0 Å². The summed E-state index contributed by atoms with van der Waals surface area (Å²) in [6, 6.07) is 0.723. The van der Waals surface area contributed by atoms with Crippen LogP contribution in [0, 0.1) is 11.8 Å². The van der Waals surface area contributed by atoms with Crippen LogP contribution in [-0.4, -0.2) is 43.8 Å². The van der Waals surface area contributed by atoms with Crippen molar-refractivity contribution in [3.05, 3.63) is 0 Å². The van der Waals surface area contributed by atoms with Crippen molar-refractivity contribution in [2.45, 2.75) is 45.1 Å². The van der Waals surface area contributed by atoms with Crippen LogP contribution in [0.5, 0.6) is 0 Å². The molecule has 0 spiro atoms. The lowest BCUT2D eigenvalue weighted by molar-refractivity contribution is 0.0736. The fourth-order valence-corrected chi connectivity index (χ4v) is 3.48. The van der Waals surface area contributed by atoms with Gasteiger partial charge in [-0.15, -0.1) is 0 Å². The molecule has 1 saturated carbocycles. The lowest BCUT2D eigenvalue weighted by Gasteiger charge is -2.42. The molecule has 0 radical (unpaired) electrons. The molecule has 0 aromatic rings. The van der Waals surface area contributed by atoms with Gasteiger partial charge in [-0.1, -0.05) is 19.8 Å². The first-order valence-corrected chi connectivity index (χ1v) is 7.37. The highest BCUT2D eigenvalue weighted by Crippen LogP contribution is 2.33. The molecule has 2 rings (SSSR count). The van der Waals surface area contributed by atoms with Crippen LogP contribution in [0.2, 0.25) is 0 Å². The van der Waals surface area contributed by atoms with E-state index in [4.69, 9.17) is 10.5 Å². The molecule has 100 valence electrons. The van der Waals surface area contributed by atoms with Gasteiger partial charge in [-0.2, -0.15) is 0 Å².